The Morgan fingerprint density at radius 1 is 0.419 bits per heavy atom. The lowest BCUT2D eigenvalue weighted by Crippen LogP contribution is -1.94. The third-order valence-electron chi connectivity index (χ3n) is 6.76. The van der Waals surface area contributed by atoms with Crippen LogP contribution in [-0.2, 0) is 4.79 Å². The van der Waals surface area contributed by atoms with E-state index in [9.17, 15) is 4.79 Å². The second-order valence-corrected chi connectivity index (χ2v) is 9.85. The molecule has 0 amide bonds. The number of Topliss-reactive ketones (excluding diaryl/α,β-unsaturated/α-hetero) is 1. The van der Waals surface area contributed by atoms with Crippen LogP contribution in [0.4, 0.5) is 0 Å². The molecule has 0 fully saturated rings. The minimum atomic E-state index is 0.367. The maximum Gasteiger partial charge on any atom is 0.132 e. The van der Waals surface area contributed by atoms with E-state index in [-0.39, 0.29) is 0 Å². The van der Waals surface area contributed by atoms with E-state index in [1.54, 1.807) is 0 Å². The Balaban J connectivity index is 3.01. The molecule has 2 heteroatoms. The number of ketones is 1. The van der Waals surface area contributed by atoms with Gasteiger partial charge in [0.2, 0.25) is 0 Å². The van der Waals surface area contributed by atoms with Gasteiger partial charge in [-0.05, 0) is 12.8 Å². The monoisotopic (exact) mass is 438 g/mol. The van der Waals surface area contributed by atoms with Gasteiger partial charge in [0.05, 0.1) is 0 Å². The molecule has 0 unspecified atom stereocenters. The zero-order chi connectivity index (χ0) is 22.7. The predicted octanol–water partition coefficient (Wildman–Crippen LogP) is 9.71. The fourth-order valence-electron chi connectivity index (χ4n) is 4.50. The van der Waals surface area contributed by atoms with Gasteiger partial charge in [-0.1, -0.05) is 148 Å². The maximum atomic E-state index is 11.2. The van der Waals surface area contributed by atoms with Crippen LogP contribution < -0.4 is 0 Å². The average Bonchev–Trinajstić information content (AvgIpc) is 2.78. The summed E-state index contributed by atoms with van der Waals surface area (Å²) in [5.41, 5.74) is 0. The summed E-state index contributed by atoms with van der Waals surface area (Å²) in [6, 6.07) is 0. The lowest BCUT2D eigenvalue weighted by atomic mass is 10.0. The standard InChI is InChI=1S/C29H58O2/c1-2-29(31)27-25-23-21-19-17-15-13-11-9-7-5-3-4-6-8-10-12-14-16-18-20-22-24-26-28-30/h30H,2-28H2,1H3. The van der Waals surface area contributed by atoms with E-state index < -0.39 is 0 Å². The van der Waals surface area contributed by atoms with Crippen LogP contribution in [0.15, 0.2) is 0 Å². The van der Waals surface area contributed by atoms with Gasteiger partial charge < -0.3 is 5.11 Å². The zero-order valence-electron chi connectivity index (χ0n) is 21.4. The van der Waals surface area contributed by atoms with Gasteiger partial charge in [-0.2, -0.15) is 0 Å². The fourth-order valence-corrected chi connectivity index (χ4v) is 4.50. The molecule has 0 radical (unpaired) electrons. The van der Waals surface area contributed by atoms with Gasteiger partial charge in [0.1, 0.15) is 5.78 Å². The van der Waals surface area contributed by atoms with Gasteiger partial charge in [-0.3, -0.25) is 4.79 Å². The van der Waals surface area contributed by atoms with E-state index in [0.717, 1.165) is 19.3 Å². The Kier molecular flexibility index (Phi) is 27.3. The van der Waals surface area contributed by atoms with E-state index >= 15 is 0 Å². The van der Waals surface area contributed by atoms with Crippen molar-refractivity contribution in [1.82, 2.24) is 0 Å². The van der Waals surface area contributed by atoms with Crippen molar-refractivity contribution in [3.8, 4) is 0 Å². The SMILES string of the molecule is CCC(=O)CCCCCCCCCCCCCCCCCCCCCCCCCCO. The van der Waals surface area contributed by atoms with Crippen molar-refractivity contribution in [1.29, 1.82) is 0 Å². The lowest BCUT2D eigenvalue weighted by Gasteiger charge is -2.04. The van der Waals surface area contributed by atoms with Crippen molar-refractivity contribution < 1.29 is 9.90 Å². The van der Waals surface area contributed by atoms with E-state index in [1.165, 1.54) is 141 Å². The first kappa shape index (κ1) is 30.6. The van der Waals surface area contributed by atoms with Crippen LogP contribution in [0.1, 0.15) is 174 Å². The molecule has 0 aliphatic rings. The summed E-state index contributed by atoms with van der Waals surface area (Å²) in [6.07, 6.45) is 34.4. The normalized spacial score (nSPS) is 11.3. The number of aliphatic hydroxyl groups is 1. The van der Waals surface area contributed by atoms with Gasteiger partial charge in [0.25, 0.3) is 0 Å². The van der Waals surface area contributed by atoms with Crippen molar-refractivity contribution in [2.24, 2.45) is 0 Å². The molecule has 0 bridgehead atoms. The molecule has 0 aliphatic carbocycles. The Bertz CT molecular complexity index is 340. The van der Waals surface area contributed by atoms with Crippen LogP contribution in [0.3, 0.4) is 0 Å². The van der Waals surface area contributed by atoms with Gasteiger partial charge in [-0.15, -0.1) is 0 Å². The number of hydrogen-bond acceptors (Lipinski definition) is 2. The van der Waals surface area contributed by atoms with E-state index in [0.29, 0.717) is 18.8 Å². The molecular formula is C29H58O2. The predicted molar refractivity (Wildman–Crippen MR) is 138 cm³/mol. The summed E-state index contributed by atoms with van der Waals surface area (Å²) >= 11 is 0. The molecule has 1 N–H and O–H groups in total. The van der Waals surface area contributed by atoms with E-state index in [2.05, 4.69) is 0 Å². The Hall–Kier alpha value is -0.370. The molecule has 0 spiro atoms. The third-order valence-corrected chi connectivity index (χ3v) is 6.76. The molecule has 2 nitrogen and oxygen atoms in total. The molecule has 0 aliphatic heterocycles. The van der Waals surface area contributed by atoms with Crippen molar-refractivity contribution in [2.75, 3.05) is 6.61 Å². The highest BCUT2D eigenvalue weighted by atomic mass is 16.2. The molecule has 0 saturated heterocycles. The van der Waals surface area contributed by atoms with E-state index in [4.69, 9.17) is 5.11 Å². The minimum Gasteiger partial charge on any atom is -0.396 e. The highest BCUT2D eigenvalue weighted by molar-refractivity contribution is 5.77. The number of unbranched alkanes of at least 4 members (excludes halogenated alkanes) is 23. The first-order chi connectivity index (χ1) is 15.3. The second-order valence-electron chi connectivity index (χ2n) is 9.85. The summed E-state index contributed by atoms with van der Waals surface area (Å²) in [7, 11) is 0. The Morgan fingerprint density at radius 3 is 0.871 bits per heavy atom. The number of carbonyl (C=O) groups excluding carboxylic acids is 1. The molecule has 0 aromatic heterocycles. The zero-order valence-corrected chi connectivity index (χ0v) is 21.4. The number of rotatable bonds is 27. The summed E-state index contributed by atoms with van der Waals surface area (Å²) < 4.78 is 0. The van der Waals surface area contributed by atoms with E-state index in [1.807, 2.05) is 6.92 Å². The molecule has 0 rings (SSSR count). The first-order valence-corrected chi connectivity index (χ1v) is 14.4. The van der Waals surface area contributed by atoms with Crippen LogP contribution in [0.25, 0.3) is 0 Å². The Labute approximate surface area is 196 Å². The first-order valence-electron chi connectivity index (χ1n) is 14.4. The molecule has 0 atom stereocenters. The molecular weight excluding hydrogens is 380 g/mol. The van der Waals surface area contributed by atoms with Gasteiger partial charge in [0, 0.05) is 19.4 Å². The van der Waals surface area contributed by atoms with Crippen molar-refractivity contribution in [3.63, 3.8) is 0 Å². The average molecular weight is 439 g/mol. The van der Waals surface area contributed by atoms with Crippen LogP contribution in [0.2, 0.25) is 0 Å². The number of carbonyl (C=O) groups is 1. The van der Waals surface area contributed by atoms with Crippen LogP contribution in [0, 0.1) is 0 Å². The topological polar surface area (TPSA) is 37.3 Å². The quantitative estimate of drug-likeness (QED) is 0.130. The largest absolute Gasteiger partial charge is 0.396 e. The molecule has 0 heterocycles. The summed E-state index contributed by atoms with van der Waals surface area (Å²) in [6.45, 7) is 2.34. The highest BCUT2D eigenvalue weighted by Crippen LogP contribution is 2.15. The summed E-state index contributed by atoms with van der Waals surface area (Å²) in [5, 5.41) is 8.75. The minimum absolute atomic E-state index is 0.367. The number of aliphatic hydroxyl groups excluding tert-OH is 1. The lowest BCUT2D eigenvalue weighted by molar-refractivity contribution is -0.118. The fraction of sp³-hybridized carbons (Fsp3) is 0.966. The molecule has 0 saturated carbocycles. The van der Waals surface area contributed by atoms with Crippen molar-refractivity contribution in [2.45, 2.75) is 174 Å². The Morgan fingerprint density at radius 2 is 0.645 bits per heavy atom. The molecule has 186 valence electrons. The van der Waals surface area contributed by atoms with Gasteiger partial charge in [0.15, 0.2) is 0 Å². The van der Waals surface area contributed by atoms with Crippen LogP contribution >= 0.6 is 0 Å². The highest BCUT2D eigenvalue weighted by Gasteiger charge is 1.98. The molecule has 0 aromatic rings. The van der Waals surface area contributed by atoms with Crippen LogP contribution in [0.5, 0.6) is 0 Å². The second kappa shape index (κ2) is 27.7. The molecule has 31 heavy (non-hydrogen) atoms. The van der Waals surface area contributed by atoms with Crippen LogP contribution in [-0.4, -0.2) is 17.5 Å². The summed E-state index contributed by atoms with van der Waals surface area (Å²) in [5.74, 6) is 0.434. The smallest absolute Gasteiger partial charge is 0.132 e. The molecule has 0 aromatic carbocycles. The maximum absolute atomic E-state index is 11.2. The summed E-state index contributed by atoms with van der Waals surface area (Å²) in [4.78, 5) is 11.2. The van der Waals surface area contributed by atoms with Gasteiger partial charge >= 0.3 is 0 Å². The third kappa shape index (κ3) is 27.6. The van der Waals surface area contributed by atoms with Crippen molar-refractivity contribution in [3.05, 3.63) is 0 Å². The van der Waals surface area contributed by atoms with Crippen molar-refractivity contribution >= 4 is 5.78 Å². The van der Waals surface area contributed by atoms with Gasteiger partial charge in [-0.25, -0.2) is 0 Å². The number of hydrogen-bond donors (Lipinski definition) is 1.